The van der Waals surface area contributed by atoms with E-state index in [0.29, 0.717) is 23.6 Å². The third kappa shape index (κ3) is 6.21. The van der Waals surface area contributed by atoms with E-state index >= 15 is 0 Å². The summed E-state index contributed by atoms with van der Waals surface area (Å²) in [5, 5.41) is 9.94. The molecule has 0 radical (unpaired) electrons. The molecule has 0 saturated carbocycles. The van der Waals surface area contributed by atoms with Crippen molar-refractivity contribution < 1.29 is 29.0 Å². The number of aliphatic carboxylic acids is 1. The third-order valence-corrected chi connectivity index (χ3v) is 8.53. The summed E-state index contributed by atoms with van der Waals surface area (Å²) in [5.41, 5.74) is 3.55. The van der Waals surface area contributed by atoms with Crippen LogP contribution >= 0.6 is 0 Å². The predicted molar refractivity (Wildman–Crippen MR) is 179 cm³/mol. The standard InChI is InChI=1S/C38H37N3O6/c1-37(2,3)47-36(46)39-23-28-18-19-30(20-29(28)24-39)41-32-13-9-8-12-31(32)40(34(44)38(4,35(41)45)21-33(42)43)22-25-14-16-27(17-15-25)26-10-6-5-7-11-26/h5-20H,21-24H2,1-4H3,(H,42,43). The smallest absolute Gasteiger partial charge is 0.410 e. The van der Waals surface area contributed by atoms with Gasteiger partial charge in [0.1, 0.15) is 11.0 Å². The second-order valence-electron chi connectivity index (χ2n) is 13.3. The first-order valence-electron chi connectivity index (χ1n) is 15.6. The highest BCUT2D eigenvalue weighted by molar-refractivity contribution is 6.23. The van der Waals surface area contributed by atoms with Gasteiger partial charge in [0.15, 0.2) is 0 Å². The van der Waals surface area contributed by atoms with Crippen LogP contribution in [0.3, 0.4) is 0 Å². The van der Waals surface area contributed by atoms with Crippen LogP contribution < -0.4 is 9.80 Å². The van der Waals surface area contributed by atoms with Gasteiger partial charge < -0.3 is 14.7 Å². The Bertz CT molecular complexity index is 1860. The van der Waals surface area contributed by atoms with Gasteiger partial charge >= 0.3 is 12.1 Å². The van der Waals surface area contributed by atoms with E-state index in [9.17, 15) is 24.3 Å². The molecule has 0 aromatic heterocycles. The van der Waals surface area contributed by atoms with E-state index in [1.54, 1.807) is 35.2 Å². The molecule has 1 atom stereocenters. The molecule has 1 N–H and O–H groups in total. The van der Waals surface area contributed by atoms with Crippen LogP contribution in [0.5, 0.6) is 0 Å². The first-order valence-corrected chi connectivity index (χ1v) is 15.6. The van der Waals surface area contributed by atoms with Gasteiger partial charge in [-0.25, -0.2) is 4.79 Å². The lowest BCUT2D eigenvalue weighted by Crippen LogP contribution is -2.50. The Morgan fingerprint density at radius 3 is 2.06 bits per heavy atom. The Morgan fingerprint density at radius 1 is 0.787 bits per heavy atom. The molecule has 4 aromatic carbocycles. The molecule has 0 saturated heterocycles. The van der Waals surface area contributed by atoms with E-state index in [1.165, 1.54) is 16.7 Å². The number of nitrogens with zero attached hydrogens (tertiary/aromatic N) is 3. The Balaban J connectivity index is 1.39. The summed E-state index contributed by atoms with van der Waals surface area (Å²) in [6.45, 7) is 7.64. The average molecular weight is 632 g/mol. The molecule has 0 bridgehead atoms. The van der Waals surface area contributed by atoms with Crippen molar-refractivity contribution >= 4 is 40.9 Å². The number of ether oxygens (including phenoxy) is 1. The number of anilines is 3. The average Bonchev–Trinajstić information content (AvgIpc) is 3.45. The molecule has 0 spiro atoms. The maximum atomic E-state index is 14.5. The molecule has 2 aliphatic rings. The number of amides is 3. The molecule has 4 aromatic rings. The molecule has 3 amide bonds. The van der Waals surface area contributed by atoms with Gasteiger partial charge in [-0.2, -0.15) is 0 Å². The number of carbonyl (C=O) groups excluding carboxylic acids is 3. The van der Waals surface area contributed by atoms with Crippen molar-refractivity contribution in [2.75, 3.05) is 9.80 Å². The molecular weight excluding hydrogens is 594 g/mol. The van der Waals surface area contributed by atoms with E-state index in [4.69, 9.17) is 4.74 Å². The fourth-order valence-corrected chi connectivity index (χ4v) is 6.19. The molecule has 0 fully saturated rings. The highest BCUT2D eigenvalue weighted by Crippen LogP contribution is 2.45. The number of hydrogen-bond acceptors (Lipinski definition) is 5. The van der Waals surface area contributed by atoms with Crippen LogP contribution in [0.4, 0.5) is 21.9 Å². The van der Waals surface area contributed by atoms with Crippen LogP contribution in [0.15, 0.2) is 97.1 Å². The van der Waals surface area contributed by atoms with Crippen LogP contribution in [-0.4, -0.2) is 39.5 Å². The van der Waals surface area contributed by atoms with Crippen molar-refractivity contribution in [1.29, 1.82) is 0 Å². The molecule has 2 aliphatic heterocycles. The van der Waals surface area contributed by atoms with Crippen LogP contribution in [0, 0.1) is 5.41 Å². The van der Waals surface area contributed by atoms with Gasteiger partial charge in [-0.05, 0) is 79.8 Å². The lowest BCUT2D eigenvalue weighted by atomic mass is 9.83. The number of fused-ring (bicyclic) bond motifs is 2. The monoisotopic (exact) mass is 631 g/mol. The zero-order chi connectivity index (χ0) is 33.5. The molecule has 47 heavy (non-hydrogen) atoms. The predicted octanol–water partition coefficient (Wildman–Crippen LogP) is 7.30. The summed E-state index contributed by atoms with van der Waals surface area (Å²) in [7, 11) is 0. The minimum Gasteiger partial charge on any atom is -0.481 e. The number of benzene rings is 4. The normalized spacial score (nSPS) is 17.7. The van der Waals surface area contributed by atoms with E-state index in [-0.39, 0.29) is 13.1 Å². The molecule has 0 aliphatic carbocycles. The summed E-state index contributed by atoms with van der Waals surface area (Å²) >= 11 is 0. The molecular formula is C38H37N3O6. The van der Waals surface area contributed by atoms with Crippen molar-refractivity contribution in [3.05, 3.63) is 114 Å². The van der Waals surface area contributed by atoms with Gasteiger partial charge in [-0.3, -0.25) is 24.2 Å². The lowest BCUT2D eigenvalue weighted by molar-refractivity contribution is -0.149. The van der Waals surface area contributed by atoms with Crippen molar-refractivity contribution in [1.82, 2.24) is 4.90 Å². The van der Waals surface area contributed by atoms with Crippen LogP contribution in [0.1, 0.15) is 50.8 Å². The van der Waals surface area contributed by atoms with Crippen LogP contribution in [0.25, 0.3) is 11.1 Å². The van der Waals surface area contributed by atoms with Crippen molar-refractivity contribution in [3.8, 4) is 11.1 Å². The zero-order valence-electron chi connectivity index (χ0n) is 26.9. The summed E-state index contributed by atoms with van der Waals surface area (Å²) in [4.78, 5) is 58.5. The largest absolute Gasteiger partial charge is 0.481 e. The number of hydrogen-bond donors (Lipinski definition) is 1. The molecule has 6 rings (SSSR count). The van der Waals surface area contributed by atoms with E-state index in [1.807, 2.05) is 87.5 Å². The number of carboxylic acids is 1. The molecule has 9 nitrogen and oxygen atoms in total. The summed E-state index contributed by atoms with van der Waals surface area (Å²) < 4.78 is 5.57. The van der Waals surface area contributed by atoms with E-state index in [2.05, 4.69) is 0 Å². The summed E-state index contributed by atoms with van der Waals surface area (Å²) in [5.74, 6) is -2.49. The molecule has 2 heterocycles. The van der Waals surface area contributed by atoms with Gasteiger partial charge in [0.25, 0.3) is 0 Å². The molecule has 1 unspecified atom stereocenters. The Kier molecular flexibility index (Phi) is 8.09. The highest BCUT2D eigenvalue weighted by atomic mass is 16.6. The Morgan fingerprint density at radius 2 is 1.40 bits per heavy atom. The Labute approximate surface area is 274 Å². The van der Waals surface area contributed by atoms with E-state index < -0.39 is 41.3 Å². The van der Waals surface area contributed by atoms with Crippen molar-refractivity contribution in [2.45, 2.75) is 59.4 Å². The van der Waals surface area contributed by atoms with Gasteiger partial charge in [0.2, 0.25) is 11.8 Å². The first-order chi connectivity index (χ1) is 22.3. The fraction of sp³-hybridized carbons (Fsp3) is 0.263. The fourth-order valence-electron chi connectivity index (χ4n) is 6.19. The van der Waals surface area contributed by atoms with Gasteiger partial charge in [-0.15, -0.1) is 0 Å². The quantitative estimate of drug-likeness (QED) is 0.224. The second-order valence-corrected chi connectivity index (χ2v) is 13.3. The van der Waals surface area contributed by atoms with Crippen LogP contribution in [-0.2, 0) is 38.8 Å². The number of para-hydroxylation sites is 2. The van der Waals surface area contributed by atoms with Gasteiger partial charge in [0, 0.05) is 18.8 Å². The zero-order valence-corrected chi connectivity index (χ0v) is 26.9. The lowest BCUT2D eigenvalue weighted by Gasteiger charge is -2.31. The SMILES string of the molecule is CC(C)(C)OC(=O)N1Cc2ccc(N3C(=O)C(C)(CC(=O)O)C(=O)N(Cc4ccc(-c5ccccc5)cc4)c4ccccc43)cc2C1. The number of carboxylic acid groups (broad SMARTS) is 1. The maximum Gasteiger partial charge on any atom is 0.410 e. The highest BCUT2D eigenvalue weighted by Gasteiger charge is 2.51. The third-order valence-electron chi connectivity index (χ3n) is 8.53. The molecule has 9 heteroatoms. The molecule has 240 valence electrons. The van der Waals surface area contributed by atoms with Crippen LogP contribution in [0.2, 0.25) is 0 Å². The summed E-state index contributed by atoms with van der Waals surface area (Å²) in [6.07, 6.45) is -1.12. The maximum absolute atomic E-state index is 14.5. The van der Waals surface area contributed by atoms with Crippen molar-refractivity contribution in [2.24, 2.45) is 5.41 Å². The minimum absolute atomic E-state index is 0.135. The van der Waals surface area contributed by atoms with Gasteiger partial charge in [-0.1, -0.05) is 72.8 Å². The van der Waals surface area contributed by atoms with Gasteiger partial charge in [0.05, 0.1) is 24.3 Å². The van der Waals surface area contributed by atoms with Crippen molar-refractivity contribution in [3.63, 3.8) is 0 Å². The summed E-state index contributed by atoms with van der Waals surface area (Å²) in [6, 6.07) is 30.4. The Hall–Kier alpha value is -5.44. The second kappa shape index (κ2) is 12.1. The number of rotatable bonds is 6. The minimum atomic E-state index is -1.91. The first kappa shape index (κ1) is 31.5. The number of carbonyl (C=O) groups is 4. The topological polar surface area (TPSA) is 107 Å². The van der Waals surface area contributed by atoms with E-state index in [0.717, 1.165) is 27.8 Å².